The van der Waals surface area contributed by atoms with Crippen molar-refractivity contribution in [2.75, 3.05) is 6.26 Å². The Bertz CT molecular complexity index is 523. The Morgan fingerprint density at radius 1 is 1.22 bits per heavy atom. The van der Waals surface area contributed by atoms with Crippen LogP contribution in [-0.4, -0.2) is 25.0 Å². The SMILES string of the molecule is CC(C(O)c1ccccc1C(F)(F)F)S(C)(=O)=O. The fourth-order valence-corrected chi connectivity index (χ4v) is 2.11. The Kier molecular flexibility index (Phi) is 4.07. The minimum absolute atomic E-state index is 0.428. The average Bonchev–Trinajstić information content (AvgIpc) is 2.24. The first-order chi connectivity index (χ1) is 8.05. The third kappa shape index (κ3) is 3.23. The van der Waals surface area contributed by atoms with Crippen molar-refractivity contribution in [3.05, 3.63) is 35.4 Å². The summed E-state index contributed by atoms with van der Waals surface area (Å²) in [5.74, 6) is 0. The Labute approximate surface area is 103 Å². The van der Waals surface area contributed by atoms with Crippen LogP contribution in [-0.2, 0) is 16.0 Å². The molecule has 0 aromatic heterocycles. The molecule has 0 amide bonds. The highest BCUT2D eigenvalue weighted by atomic mass is 32.2. The van der Waals surface area contributed by atoms with Crippen LogP contribution in [0.2, 0.25) is 0 Å². The molecule has 1 aromatic carbocycles. The second kappa shape index (κ2) is 4.89. The molecule has 0 radical (unpaired) electrons. The first-order valence-electron chi connectivity index (χ1n) is 5.08. The molecule has 2 unspecified atom stereocenters. The molecule has 3 nitrogen and oxygen atoms in total. The highest BCUT2D eigenvalue weighted by Gasteiger charge is 2.37. The molecule has 1 aromatic rings. The van der Waals surface area contributed by atoms with Crippen molar-refractivity contribution >= 4 is 9.84 Å². The highest BCUT2D eigenvalue weighted by Crippen LogP contribution is 2.36. The summed E-state index contributed by atoms with van der Waals surface area (Å²) in [6.45, 7) is 1.17. The van der Waals surface area contributed by atoms with E-state index in [1.54, 1.807) is 0 Å². The number of alkyl halides is 3. The summed E-state index contributed by atoms with van der Waals surface area (Å²) in [6, 6.07) is 4.40. The summed E-state index contributed by atoms with van der Waals surface area (Å²) < 4.78 is 60.7. The summed E-state index contributed by atoms with van der Waals surface area (Å²) >= 11 is 0. The van der Waals surface area contributed by atoms with E-state index in [0.29, 0.717) is 0 Å². The number of rotatable bonds is 3. The van der Waals surface area contributed by atoms with Crippen molar-refractivity contribution in [2.24, 2.45) is 0 Å². The molecule has 102 valence electrons. The lowest BCUT2D eigenvalue weighted by atomic mass is 10.0. The summed E-state index contributed by atoms with van der Waals surface area (Å²) in [5.41, 5.74) is -1.45. The fourth-order valence-electron chi connectivity index (χ4n) is 1.50. The van der Waals surface area contributed by atoms with E-state index in [9.17, 15) is 26.7 Å². The predicted molar refractivity (Wildman–Crippen MR) is 60.7 cm³/mol. The molecule has 0 saturated heterocycles. The van der Waals surface area contributed by atoms with Crippen molar-refractivity contribution in [3.63, 3.8) is 0 Å². The molecule has 7 heteroatoms. The van der Waals surface area contributed by atoms with E-state index in [0.717, 1.165) is 18.4 Å². The van der Waals surface area contributed by atoms with Gasteiger partial charge in [0.05, 0.1) is 16.9 Å². The van der Waals surface area contributed by atoms with Gasteiger partial charge in [0, 0.05) is 6.26 Å². The first-order valence-corrected chi connectivity index (χ1v) is 7.03. The van der Waals surface area contributed by atoms with Crippen LogP contribution < -0.4 is 0 Å². The molecule has 0 aliphatic rings. The van der Waals surface area contributed by atoms with Crippen LogP contribution in [0.3, 0.4) is 0 Å². The van der Waals surface area contributed by atoms with Gasteiger partial charge in [-0.3, -0.25) is 0 Å². The van der Waals surface area contributed by atoms with E-state index < -0.39 is 38.5 Å². The van der Waals surface area contributed by atoms with Crippen molar-refractivity contribution in [1.29, 1.82) is 0 Å². The standard InChI is InChI=1S/C11H13F3O3S/c1-7(18(2,16)17)10(15)8-5-3-4-6-9(8)11(12,13)14/h3-7,10,15H,1-2H3. The molecule has 1 rings (SSSR count). The van der Waals surface area contributed by atoms with Crippen molar-refractivity contribution in [3.8, 4) is 0 Å². The lowest BCUT2D eigenvalue weighted by molar-refractivity contribution is -0.139. The average molecular weight is 282 g/mol. The largest absolute Gasteiger partial charge is 0.416 e. The van der Waals surface area contributed by atoms with Crippen molar-refractivity contribution < 1.29 is 26.7 Å². The molecule has 1 N–H and O–H groups in total. The molecule has 0 fully saturated rings. The highest BCUT2D eigenvalue weighted by molar-refractivity contribution is 7.91. The van der Waals surface area contributed by atoms with Crippen LogP contribution in [0.5, 0.6) is 0 Å². The summed E-state index contributed by atoms with van der Waals surface area (Å²) in [7, 11) is -3.63. The van der Waals surface area contributed by atoms with Gasteiger partial charge in [-0.15, -0.1) is 0 Å². The Hall–Kier alpha value is -1.08. The molecule has 0 spiro atoms. The number of aliphatic hydroxyl groups excluding tert-OH is 1. The van der Waals surface area contributed by atoms with Crippen LogP contribution in [0.1, 0.15) is 24.2 Å². The summed E-state index contributed by atoms with van der Waals surface area (Å²) in [4.78, 5) is 0. The number of hydrogen-bond donors (Lipinski definition) is 1. The zero-order valence-corrected chi connectivity index (χ0v) is 10.6. The van der Waals surface area contributed by atoms with Crippen molar-refractivity contribution in [2.45, 2.75) is 24.5 Å². The molecule has 0 aliphatic carbocycles. The van der Waals surface area contributed by atoms with Crippen molar-refractivity contribution in [1.82, 2.24) is 0 Å². The van der Waals surface area contributed by atoms with Gasteiger partial charge in [-0.05, 0) is 18.6 Å². The first kappa shape index (κ1) is 15.0. The molecule has 0 aliphatic heterocycles. The fraction of sp³-hybridized carbons (Fsp3) is 0.455. The molecule has 18 heavy (non-hydrogen) atoms. The Balaban J connectivity index is 3.27. The number of halogens is 3. The zero-order valence-electron chi connectivity index (χ0n) is 9.77. The number of benzene rings is 1. The quantitative estimate of drug-likeness (QED) is 0.924. The van der Waals surface area contributed by atoms with Crippen LogP contribution >= 0.6 is 0 Å². The summed E-state index contributed by atoms with van der Waals surface area (Å²) in [5, 5.41) is 8.49. The molecule has 2 atom stereocenters. The maximum Gasteiger partial charge on any atom is 0.416 e. The third-order valence-electron chi connectivity index (χ3n) is 2.70. The zero-order chi connectivity index (χ0) is 14.1. The number of hydrogen-bond acceptors (Lipinski definition) is 3. The predicted octanol–water partition coefficient (Wildman–Crippen LogP) is 2.17. The molecular weight excluding hydrogens is 269 g/mol. The summed E-state index contributed by atoms with van der Waals surface area (Å²) in [6.07, 6.45) is -5.47. The van der Waals surface area contributed by atoms with E-state index >= 15 is 0 Å². The van der Waals surface area contributed by atoms with E-state index in [2.05, 4.69) is 0 Å². The Morgan fingerprint density at radius 3 is 2.17 bits per heavy atom. The molecular formula is C11H13F3O3S. The second-order valence-electron chi connectivity index (χ2n) is 4.06. The maximum absolute atomic E-state index is 12.7. The Morgan fingerprint density at radius 2 is 1.72 bits per heavy atom. The number of sulfone groups is 1. The molecule has 0 heterocycles. The van der Waals surface area contributed by atoms with Gasteiger partial charge in [-0.1, -0.05) is 18.2 Å². The van der Waals surface area contributed by atoms with Gasteiger partial charge in [0.25, 0.3) is 0 Å². The van der Waals surface area contributed by atoms with Crippen LogP contribution in [0.15, 0.2) is 24.3 Å². The van der Waals surface area contributed by atoms with E-state index in [1.807, 2.05) is 0 Å². The normalized spacial score (nSPS) is 16.3. The number of aliphatic hydroxyl groups is 1. The van der Waals surface area contributed by atoms with Crippen LogP contribution in [0.25, 0.3) is 0 Å². The van der Waals surface area contributed by atoms with Gasteiger partial charge >= 0.3 is 6.18 Å². The monoisotopic (exact) mass is 282 g/mol. The van der Waals surface area contributed by atoms with Crippen LogP contribution in [0, 0.1) is 0 Å². The van der Waals surface area contributed by atoms with E-state index in [-0.39, 0.29) is 0 Å². The van der Waals surface area contributed by atoms with Gasteiger partial charge < -0.3 is 5.11 Å². The van der Waals surface area contributed by atoms with Gasteiger partial charge in [-0.25, -0.2) is 8.42 Å². The van der Waals surface area contributed by atoms with Crippen LogP contribution in [0.4, 0.5) is 13.2 Å². The minimum Gasteiger partial charge on any atom is -0.387 e. The maximum atomic E-state index is 12.7. The minimum atomic E-state index is -4.63. The topological polar surface area (TPSA) is 54.4 Å². The lowest BCUT2D eigenvalue weighted by Crippen LogP contribution is -2.26. The second-order valence-corrected chi connectivity index (χ2v) is 6.47. The van der Waals surface area contributed by atoms with E-state index in [4.69, 9.17) is 0 Å². The smallest absolute Gasteiger partial charge is 0.387 e. The molecule has 0 bridgehead atoms. The van der Waals surface area contributed by atoms with Gasteiger partial charge in [0.2, 0.25) is 0 Å². The van der Waals surface area contributed by atoms with Gasteiger partial charge in [0.15, 0.2) is 9.84 Å². The van der Waals surface area contributed by atoms with Gasteiger partial charge in [0.1, 0.15) is 0 Å². The third-order valence-corrected chi connectivity index (χ3v) is 4.31. The molecule has 0 saturated carbocycles. The lowest BCUT2D eigenvalue weighted by Gasteiger charge is -2.21. The van der Waals surface area contributed by atoms with E-state index in [1.165, 1.54) is 19.1 Å². The van der Waals surface area contributed by atoms with Gasteiger partial charge in [-0.2, -0.15) is 13.2 Å².